The lowest BCUT2D eigenvalue weighted by molar-refractivity contribution is -0.120. The molecule has 0 aliphatic heterocycles. The molecule has 5 heteroatoms. The van der Waals surface area contributed by atoms with Crippen molar-refractivity contribution in [3.05, 3.63) is 71.6 Å². The van der Waals surface area contributed by atoms with Gasteiger partial charge < -0.3 is 15.2 Å². The molecule has 0 aromatic heterocycles. The summed E-state index contributed by atoms with van der Waals surface area (Å²) in [7, 11) is 0. The van der Waals surface area contributed by atoms with E-state index in [2.05, 4.69) is 5.32 Å². The van der Waals surface area contributed by atoms with E-state index in [1.807, 2.05) is 37.3 Å². The van der Waals surface area contributed by atoms with Gasteiger partial charge in [0.1, 0.15) is 24.3 Å². The third-order valence-electron chi connectivity index (χ3n) is 3.48. The van der Waals surface area contributed by atoms with Crippen LogP contribution in [0.25, 0.3) is 6.08 Å². The second-order valence-electron chi connectivity index (χ2n) is 5.74. The summed E-state index contributed by atoms with van der Waals surface area (Å²) < 4.78 is 18.1. The maximum atomic E-state index is 12.8. The Bertz CT molecular complexity index is 696. The van der Waals surface area contributed by atoms with Crippen molar-refractivity contribution < 1.29 is 19.0 Å². The topological polar surface area (TPSA) is 58.6 Å². The Kier molecular flexibility index (Phi) is 7.16. The Labute approximate surface area is 147 Å². The molecule has 1 unspecified atom stereocenters. The van der Waals surface area contributed by atoms with Gasteiger partial charge in [-0.15, -0.1) is 0 Å². The molecular formula is C20H22FNO3. The van der Waals surface area contributed by atoms with E-state index in [1.165, 1.54) is 29.8 Å². The molecule has 1 amide bonds. The minimum atomic E-state index is -0.838. The van der Waals surface area contributed by atoms with Crippen molar-refractivity contribution in [1.82, 2.24) is 5.32 Å². The number of amides is 1. The highest BCUT2D eigenvalue weighted by atomic mass is 19.1. The molecule has 0 heterocycles. The number of aryl methyl sites for hydroxylation is 1. The van der Waals surface area contributed by atoms with Gasteiger partial charge in [-0.25, -0.2) is 4.39 Å². The fourth-order valence-electron chi connectivity index (χ4n) is 2.07. The van der Waals surface area contributed by atoms with Crippen molar-refractivity contribution in [2.45, 2.75) is 19.4 Å². The van der Waals surface area contributed by atoms with Crippen molar-refractivity contribution in [1.29, 1.82) is 0 Å². The summed E-state index contributed by atoms with van der Waals surface area (Å²) in [6.45, 7) is 2.13. The predicted octanol–water partition coefficient (Wildman–Crippen LogP) is 3.09. The Hall–Kier alpha value is -2.66. The maximum Gasteiger partial charge on any atom is 0.223 e. The molecule has 0 spiro atoms. The molecule has 0 fully saturated rings. The third kappa shape index (κ3) is 7.18. The smallest absolute Gasteiger partial charge is 0.223 e. The van der Waals surface area contributed by atoms with Gasteiger partial charge in [-0.05, 0) is 36.8 Å². The van der Waals surface area contributed by atoms with Crippen LogP contribution in [0.2, 0.25) is 0 Å². The maximum absolute atomic E-state index is 12.8. The van der Waals surface area contributed by atoms with Gasteiger partial charge >= 0.3 is 0 Å². The van der Waals surface area contributed by atoms with Crippen LogP contribution in [0.1, 0.15) is 17.5 Å². The monoisotopic (exact) mass is 343 g/mol. The zero-order valence-corrected chi connectivity index (χ0v) is 14.1. The molecule has 2 aromatic rings. The zero-order valence-electron chi connectivity index (χ0n) is 14.1. The number of ether oxygens (including phenoxy) is 1. The van der Waals surface area contributed by atoms with E-state index in [1.54, 1.807) is 6.08 Å². The van der Waals surface area contributed by atoms with E-state index in [4.69, 9.17) is 4.74 Å². The van der Waals surface area contributed by atoms with E-state index < -0.39 is 6.10 Å². The van der Waals surface area contributed by atoms with Crippen LogP contribution in [0, 0.1) is 12.7 Å². The Balaban J connectivity index is 1.65. The summed E-state index contributed by atoms with van der Waals surface area (Å²) in [4.78, 5) is 11.7. The molecule has 2 N–H and O–H groups in total. The third-order valence-corrected chi connectivity index (χ3v) is 3.48. The number of nitrogens with one attached hydrogen (secondary N) is 1. The molecule has 0 aliphatic carbocycles. The van der Waals surface area contributed by atoms with Crippen molar-refractivity contribution in [2.75, 3.05) is 13.2 Å². The molecule has 2 aromatic carbocycles. The molecule has 0 saturated carbocycles. The van der Waals surface area contributed by atoms with Gasteiger partial charge in [0, 0.05) is 13.0 Å². The lowest BCUT2D eigenvalue weighted by Gasteiger charge is -2.13. The number of carbonyl (C=O) groups excluding carboxylic acids is 1. The van der Waals surface area contributed by atoms with Gasteiger partial charge in [0.25, 0.3) is 0 Å². The van der Waals surface area contributed by atoms with E-state index >= 15 is 0 Å². The second-order valence-corrected chi connectivity index (χ2v) is 5.74. The Morgan fingerprint density at radius 1 is 1.20 bits per heavy atom. The fourth-order valence-corrected chi connectivity index (χ4v) is 2.07. The van der Waals surface area contributed by atoms with Crippen molar-refractivity contribution in [3.63, 3.8) is 0 Å². The molecule has 132 valence electrons. The first kappa shape index (κ1) is 18.7. The lowest BCUT2D eigenvalue weighted by atomic mass is 10.1. The fraction of sp³-hybridized carbons (Fsp3) is 0.250. The number of aliphatic hydroxyl groups excluding tert-OH is 1. The zero-order chi connectivity index (χ0) is 18.1. The average molecular weight is 343 g/mol. The summed E-state index contributed by atoms with van der Waals surface area (Å²) in [6.07, 6.45) is 3.06. The molecule has 4 nitrogen and oxygen atoms in total. The lowest BCUT2D eigenvalue weighted by Crippen LogP contribution is -2.34. The predicted molar refractivity (Wildman–Crippen MR) is 95.7 cm³/mol. The minimum Gasteiger partial charge on any atom is -0.491 e. The summed E-state index contributed by atoms with van der Waals surface area (Å²) in [6, 6.07) is 13.5. The van der Waals surface area contributed by atoms with Crippen molar-refractivity contribution in [2.24, 2.45) is 0 Å². The van der Waals surface area contributed by atoms with Crippen LogP contribution in [-0.4, -0.2) is 30.3 Å². The number of rotatable bonds is 8. The van der Waals surface area contributed by atoms with Crippen molar-refractivity contribution in [3.8, 4) is 5.75 Å². The first-order valence-electron chi connectivity index (χ1n) is 8.09. The van der Waals surface area contributed by atoms with Gasteiger partial charge in [-0.2, -0.15) is 0 Å². The molecule has 0 bridgehead atoms. The van der Waals surface area contributed by atoms with Gasteiger partial charge in [-0.3, -0.25) is 4.79 Å². The van der Waals surface area contributed by atoms with Crippen LogP contribution in [0.5, 0.6) is 5.75 Å². The number of halogens is 1. The molecule has 0 aliphatic rings. The van der Waals surface area contributed by atoms with Crippen LogP contribution < -0.4 is 10.1 Å². The highest BCUT2D eigenvalue weighted by molar-refractivity contribution is 5.78. The van der Waals surface area contributed by atoms with Gasteiger partial charge in [0.15, 0.2) is 0 Å². The summed E-state index contributed by atoms with van der Waals surface area (Å²) in [5, 5.41) is 12.5. The normalized spacial score (nSPS) is 12.1. The number of carbonyl (C=O) groups is 1. The van der Waals surface area contributed by atoms with Gasteiger partial charge in [-0.1, -0.05) is 42.0 Å². The number of benzene rings is 2. The Morgan fingerprint density at radius 2 is 1.88 bits per heavy atom. The van der Waals surface area contributed by atoms with Gasteiger partial charge in [0.2, 0.25) is 5.91 Å². The van der Waals surface area contributed by atoms with Gasteiger partial charge in [0.05, 0.1) is 0 Å². The van der Waals surface area contributed by atoms with Crippen LogP contribution >= 0.6 is 0 Å². The summed E-state index contributed by atoms with van der Waals surface area (Å²) in [5.41, 5.74) is 2.22. The van der Waals surface area contributed by atoms with Crippen LogP contribution in [-0.2, 0) is 4.79 Å². The minimum absolute atomic E-state index is 0.0190. The van der Waals surface area contributed by atoms with Crippen molar-refractivity contribution >= 4 is 12.0 Å². The first-order chi connectivity index (χ1) is 12.0. The van der Waals surface area contributed by atoms with E-state index in [-0.39, 0.29) is 31.3 Å². The van der Waals surface area contributed by atoms with E-state index in [0.29, 0.717) is 5.75 Å². The standard InChI is InChI=1S/C20H22FNO3/c1-15-5-7-16(8-6-15)3-2-4-20(24)22-13-18(23)14-25-19-11-9-17(21)10-12-19/h2-3,5-12,18,23H,4,13-14H2,1H3,(H,22,24)/b3-2+. The summed E-state index contributed by atoms with van der Waals surface area (Å²) >= 11 is 0. The molecule has 25 heavy (non-hydrogen) atoms. The number of aliphatic hydroxyl groups is 1. The van der Waals surface area contributed by atoms with Crippen LogP contribution in [0.15, 0.2) is 54.6 Å². The van der Waals surface area contributed by atoms with E-state index in [9.17, 15) is 14.3 Å². The van der Waals surface area contributed by atoms with Crippen LogP contribution in [0.4, 0.5) is 4.39 Å². The average Bonchev–Trinajstić information content (AvgIpc) is 2.61. The molecular weight excluding hydrogens is 321 g/mol. The van der Waals surface area contributed by atoms with Crippen LogP contribution in [0.3, 0.4) is 0 Å². The SMILES string of the molecule is Cc1ccc(/C=C/CC(=O)NCC(O)COc2ccc(F)cc2)cc1. The molecule has 0 radical (unpaired) electrons. The number of hydrogen-bond acceptors (Lipinski definition) is 3. The molecule has 1 atom stereocenters. The Morgan fingerprint density at radius 3 is 2.56 bits per heavy atom. The largest absolute Gasteiger partial charge is 0.491 e. The number of hydrogen-bond donors (Lipinski definition) is 2. The van der Waals surface area contributed by atoms with E-state index in [0.717, 1.165) is 5.56 Å². The first-order valence-corrected chi connectivity index (χ1v) is 8.09. The quantitative estimate of drug-likeness (QED) is 0.774. The second kappa shape index (κ2) is 9.59. The summed E-state index contributed by atoms with van der Waals surface area (Å²) in [5.74, 6) is -0.0594. The molecule has 2 rings (SSSR count). The molecule has 0 saturated heterocycles. The highest BCUT2D eigenvalue weighted by Crippen LogP contribution is 2.11. The highest BCUT2D eigenvalue weighted by Gasteiger charge is 2.07.